The van der Waals surface area contributed by atoms with E-state index in [9.17, 15) is 27.6 Å². The molecule has 4 heterocycles. The van der Waals surface area contributed by atoms with Crippen LogP contribution in [0.15, 0.2) is 35.7 Å². The Labute approximate surface area is 380 Å². The van der Waals surface area contributed by atoms with E-state index in [0.717, 1.165) is 53.0 Å². The number of carbonyl (C=O) groups excluding carboxylic acids is 4. The first-order chi connectivity index (χ1) is 30.4. The highest BCUT2D eigenvalue weighted by molar-refractivity contribution is 7.91. The van der Waals surface area contributed by atoms with Crippen molar-refractivity contribution >= 4 is 56.2 Å². The van der Waals surface area contributed by atoms with Crippen LogP contribution in [0.2, 0.25) is 0 Å². The number of thiazole rings is 1. The first-order valence-corrected chi connectivity index (χ1v) is 25.7. The van der Waals surface area contributed by atoms with Crippen molar-refractivity contribution in [2.24, 2.45) is 5.92 Å². The van der Waals surface area contributed by atoms with Gasteiger partial charge in [-0.25, -0.2) is 18.2 Å². The maximum absolute atomic E-state index is 14.8. The van der Waals surface area contributed by atoms with Crippen LogP contribution in [0.3, 0.4) is 0 Å². The van der Waals surface area contributed by atoms with Gasteiger partial charge in [0.15, 0.2) is 0 Å². The summed E-state index contributed by atoms with van der Waals surface area (Å²) < 4.78 is 42.2. The summed E-state index contributed by atoms with van der Waals surface area (Å²) in [7, 11) is -4.00. The third kappa shape index (κ3) is 9.70. The van der Waals surface area contributed by atoms with E-state index in [1.54, 1.807) is 39.0 Å². The number of allylic oxidation sites excluding steroid dienone is 1. The van der Waals surface area contributed by atoms with Gasteiger partial charge in [-0.15, -0.1) is 11.3 Å². The Morgan fingerprint density at radius 1 is 1.00 bits per heavy atom. The lowest BCUT2D eigenvalue weighted by atomic mass is 9.97. The number of sulfonamides is 1. The number of hydrogen-bond donors (Lipinski definition) is 3. The summed E-state index contributed by atoms with van der Waals surface area (Å²) in [6.45, 7) is 10.9. The van der Waals surface area contributed by atoms with Crippen LogP contribution in [-0.2, 0) is 29.1 Å². The Balaban J connectivity index is 1.11. The van der Waals surface area contributed by atoms with Gasteiger partial charge in [-0.2, -0.15) is 4.98 Å². The summed E-state index contributed by atoms with van der Waals surface area (Å²) in [6, 6.07) is 4.19. The van der Waals surface area contributed by atoms with E-state index < -0.39 is 73.8 Å². The number of alkyl carbamates (subject to hydrolysis) is 1. The molecule has 0 spiro atoms. The molecule has 64 heavy (non-hydrogen) atoms. The number of para-hydroxylation sites is 1. The Morgan fingerprint density at radius 2 is 1.72 bits per heavy atom. The summed E-state index contributed by atoms with van der Waals surface area (Å²) >= 11 is 1.63. The van der Waals surface area contributed by atoms with Crippen molar-refractivity contribution in [1.82, 2.24) is 34.8 Å². The van der Waals surface area contributed by atoms with E-state index in [2.05, 4.69) is 20.7 Å². The van der Waals surface area contributed by atoms with Crippen LogP contribution in [0, 0.1) is 5.92 Å². The minimum absolute atomic E-state index is 0.00985. The number of imidazole rings is 1. The smallest absolute Gasteiger partial charge is 0.408 e. The molecule has 1 saturated heterocycles. The fraction of sp³-hybridized carbons (Fsp3) is 0.660. The maximum Gasteiger partial charge on any atom is 0.408 e. The molecular formula is C47H65N7O8S2. The zero-order valence-electron chi connectivity index (χ0n) is 38.1. The van der Waals surface area contributed by atoms with Crippen molar-refractivity contribution in [2.75, 3.05) is 6.54 Å². The average Bonchev–Trinajstić information content (AvgIpc) is 3.98. The molecule has 2 aliphatic heterocycles. The van der Waals surface area contributed by atoms with Crippen LogP contribution in [-0.4, -0.2) is 92.3 Å². The number of benzene rings is 1. The molecule has 5 aliphatic rings. The predicted molar refractivity (Wildman–Crippen MR) is 245 cm³/mol. The molecule has 3 saturated carbocycles. The first kappa shape index (κ1) is 46.0. The molecule has 8 rings (SSSR count). The summed E-state index contributed by atoms with van der Waals surface area (Å²) in [5.74, 6) is -1.86. The van der Waals surface area contributed by atoms with Gasteiger partial charge in [0.25, 0.3) is 11.9 Å². The predicted octanol–water partition coefficient (Wildman–Crippen LogP) is 7.81. The molecule has 2 aromatic heterocycles. The monoisotopic (exact) mass is 919 g/mol. The molecule has 348 valence electrons. The Hall–Kier alpha value is -4.51. The summed E-state index contributed by atoms with van der Waals surface area (Å²) in [6.07, 6.45) is 14.0. The zero-order valence-corrected chi connectivity index (χ0v) is 39.7. The molecule has 3 N–H and O–H groups in total. The standard InChI is InChI=1S/C47H65N7O8S2/c1-29(2)54-36-22-16-20-33(40-48-35(28-63-40)30-17-12-10-11-13-18-30)38(36)50-43(54)61-32-25-37-39(55)51-47(42(57)52-64(59,60)46(6)23-24-46)26-31(47)19-14-8-7-9-15-21-34(41(56)53(37)27-32)49-44(58)62-45(3,4)5/h14,16,19-20,22,28-32,34,37H,7-13,15,17-18,21,23-27H2,1-6H3,(H,49,58)(H,51,55)(H,52,57). The van der Waals surface area contributed by atoms with Crippen molar-refractivity contribution in [3.8, 4) is 16.6 Å². The molecule has 0 radical (unpaired) electrons. The van der Waals surface area contributed by atoms with Crippen molar-refractivity contribution in [1.29, 1.82) is 0 Å². The highest BCUT2D eigenvalue weighted by atomic mass is 32.2. The van der Waals surface area contributed by atoms with Gasteiger partial charge in [0.05, 0.1) is 22.5 Å². The molecule has 0 bridgehead atoms. The van der Waals surface area contributed by atoms with Crippen molar-refractivity contribution < 1.29 is 37.1 Å². The molecule has 3 aliphatic carbocycles. The van der Waals surface area contributed by atoms with E-state index >= 15 is 0 Å². The fourth-order valence-corrected chi connectivity index (χ4v) is 11.8. The molecule has 5 unspecified atom stereocenters. The number of carbonyl (C=O) groups is 4. The number of nitrogens with zero attached hydrogens (tertiary/aromatic N) is 4. The summed E-state index contributed by atoms with van der Waals surface area (Å²) in [4.78, 5) is 68.4. The Morgan fingerprint density at radius 3 is 2.42 bits per heavy atom. The molecule has 4 amide bonds. The topological polar surface area (TPSA) is 191 Å². The van der Waals surface area contributed by atoms with E-state index in [1.165, 1.54) is 30.6 Å². The summed E-state index contributed by atoms with van der Waals surface area (Å²) in [5.41, 5.74) is 1.32. The number of rotatable bonds is 9. The number of amides is 4. The Kier molecular flexibility index (Phi) is 13.0. The molecule has 17 heteroatoms. The highest BCUT2D eigenvalue weighted by Crippen LogP contribution is 2.48. The van der Waals surface area contributed by atoms with Gasteiger partial charge >= 0.3 is 6.09 Å². The van der Waals surface area contributed by atoms with Crippen LogP contribution in [0.5, 0.6) is 6.01 Å². The van der Waals surface area contributed by atoms with Crippen LogP contribution in [0.25, 0.3) is 21.6 Å². The molecule has 1 aromatic carbocycles. The van der Waals surface area contributed by atoms with Gasteiger partial charge in [-0.3, -0.25) is 23.7 Å². The van der Waals surface area contributed by atoms with E-state index in [-0.39, 0.29) is 25.4 Å². The van der Waals surface area contributed by atoms with Gasteiger partial charge in [-0.1, -0.05) is 56.7 Å². The van der Waals surface area contributed by atoms with Crippen LogP contribution >= 0.6 is 11.3 Å². The SMILES string of the molecule is CC(C)n1c(OC2CC3C(=O)NC4(C(=O)NS(=O)(=O)C5(C)CC5)CC4C=CCCCCCC(NC(=O)OC(C)(C)C)C(=O)N3C2)nc2c(-c3nc(C4CCCCCC4)cs3)cccc21. The van der Waals surface area contributed by atoms with Crippen LogP contribution in [0.4, 0.5) is 4.79 Å². The quantitative estimate of drug-likeness (QED) is 0.141. The van der Waals surface area contributed by atoms with E-state index in [1.807, 2.05) is 48.8 Å². The van der Waals surface area contributed by atoms with E-state index in [4.69, 9.17) is 19.4 Å². The number of fused-ring (bicyclic) bond motifs is 3. The highest BCUT2D eigenvalue weighted by Gasteiger charge is 2.63. The second kappa shape index (κ2) is 18.0. The van der Waals surface area contributed by atoms with Crippen LogP contribution in [0.1, 0.15) is 156 Å². The second-order valence-electron chi connectivity index (χ2n) is 20.2. The Bertz CT molecular complexity index is 2390. The number of ether oxygens (including phenoxy) is 2. The average molecular weight is 920 g/mol. The van der Waals surface area contributed by atoms with Gasteiger partial charge in [-0.05, 0) is 105 Å². The fourth-order valence-electron chi connectivity index (χ4n) is 9.57. The third-order valence-corrected chi connectivity index (χ3v) is 16.7. The molecule has 15 nitrogen and oxygen atoms in total. The van der Waals surface area contributed by atoms with Crippen LogP contribution < -0.4 is 20.1 Å². The van der Waals surface area contributed by atoms with Crippen molar-refractivity contribution in [3.05, 3.63) is 41.4 Å². The second-order valence-corrected chi connectivity index (χ2v) is 23.3. The van der Waals surface area contributed by atoms with E-state index in [0.29, 0.717) is 44.0 Å². The molecule has 4 fully saturated rings. The lowest BCUT2D eigenvalue weighted by molar-refractivity contribution is -0.141. The summed E-state index contributed by atoms with van der Waals surface area (Å²) in [5, 5.41) is 8.83. The number of hydrogen-bond acceptors (Lipinski definition) is 11. The minimum atomic E-state index is -4.00. The van der Waals surface area contributed by atoms with Gasteiger partial charge in [0.1, 0.15) is 39.9 Å². The van der Waals surface area contributed by atoms with Gasteiger partial charge < -0.3 is 25.0 Å². The normalized spacial score (nSPS) is 26.8. The van der Waals surface area contributed by atoms with Gasteiger partial charge in [0.2, 0.25) is 21.8 Å². The number of aromatic nitrogens is 3. The maximum atomic E-state index is 14.8. The lowest BCUT2D eigenvalue weighted by Gasteiger charge is -2.30. The lowest BCUT2D eigenvalue weighted by Crippen LogP contribution is -2.58. The number of nitrogens with one attached hydrogen (secondary N) is 3. The van der Waals surface area contributed by atoms with Crippen molar-refractivity contribution in [3.63, 3.8) is 0 Å². The first-order valence-electron chi connectivity index (χ1n) is 23.4. The third-order valence-electron chi connectivity index (χ3n) is 13.7. The molecular weight excluding hydrogens is 855 g/mol. The van der Waals surface area contributed by atoms with Gasteiger partial charge in [0, 0.05) is 35.2 Å². The van der Waals surface area contributed by atoms with Crippen molar-refractivity contribution in [2.45, 2.75) is 184 Å². The minimum Gasteiger partial charge on any atom is -0.459 e. The molecule has 3 aromatic rings. The molecule has 5 atom stereocenters. The zero-order chi connectivity index (χ0) is 45.6. The largest absolute Gasteiger partial charge is 0.459 e.